The molecule has 2 N–H and O–H groups in total. The quantitative estimate of drug-likeness (QED) is 0.353. The van der Waals surface area contributed by atoms with E-state index in [1.807, 2.05) is 55.5 Å². The standard InChI is InChI=1S/C28H36N2O5S/c1-5-34-25-13-9-10-14-26(25)35-18-17-30(22(3)24-11-7-6-8-12-24)21(2)19-23-15-16-27(33-4)28(20-23)36(29,31)32/h6-16,20-22H,5,17-19H2,1-4H3,(H2,29,31,32)/t21-,22-/m1/s1. The third-order valence-corrected chi connectivity index (χ3v) is 7.10. The highest BCUT2D eigenvalue weighted by Crippen LogP contribution is 2.29. The number of hydrogen-bond donors (Lipinski definition) is 1. The zero-order chi connectivity index (χ0) is 26.1. The molecular weight excluding hydrogens is 476 g/mol. The average Bonchev–Trinajstić information content (AvgIpc) is 2.87. The summed E-state index contributed by atoms with van der Waals surface area (Å²) in [4.78, 5) is 2.35. The summed E-state index contributed by atoms with van der Waals surface area (Å²) in [6.07, 6.45) is 0.624. The van der Waals surface area contributed by atoms with Gasteiger partial charge in [-0.2, -0.15) is 0 Å². The van der Waals surface area contributed by atoms with Crippen molar-refractivity contribution in [2.75, 3.05) is 26.9 Å². The Bertz CT molecular complexity index is 1220. The lowest BCUT2D eigenvalue weighted by Gasteiger charge is -2.35. The molecule has 0 heterocycles. The van der Waals surface area contributed by atoms with Crippen molar-refractivity contribution < 1.29 is 22.6 Å². The molecule has 0 aliphatic carbocycles. The fraction of sp³-hybridized carbons (Fsp3) is 0.357. The number of benzene rings is 3. The second-order valence-electron chi connectivity index (χ2n) is 8.64. The minimum atomic E-state index is -3.91. The lowest BCUT2D eigenvalue weighted by Crippen LogP contribution is -2.39. The minimum Gasteiger partial charge on any atom is -0.495 e. The molecule has 36 heavy (non-hydrogen) atoms. The van der Waals surface area contributed by atoms with E-state index < -0.39 is 10.0 Å². The van der Waals surface area contributed by atoms with Crippen LogP contribution in [0.25, 0.3) is 0 Å². The smallest absolute Gasteiger partial charge is 0.241 e. The Kier molecular flexibility index (Phi) is 9.75. The number of nitrogens with two attached hydrogens (primary N) is 1. The van der Waals surface area contributed by atoms with Crippen molar-refractivity contribution in [2.45, 2.75) is 44.2 Å². The van der Waals surface area contributed by atoms with Crippen LogP contribution in [-0.2, 0) is 16.4 Å². The summed E-state index contributed by atoms with van der Waals surface area (Å²) in [5.74, 6) is 1.68. The Morgan fingerprint density at radius 2 is 1.53 bits per heavy atom. The van der Waals surface area contributed by atoms with Crippen LogP contribution in [0.15, 0.2) is 77.7 Å². The monoisotopic (exact) mass is 512 g/mol. The van der Waals surface area contributed by atoms with Gasteiger partial charge in [0.15, 0.2) is 11.5 Å². The summed E-state index contributed by atoms with van der Waals surface area (Å²) >= 11 is 0. The maximum absolute atomic E-state index is 12.1. The van der Waals surface area contributed by atoms with Gasteiger partial charge in [-0.25, -0.2) is 13.6 Å². The minimum absolute atomic E-state index is 0.00628. The second-order valence-corrected chi connectivity index (χ2v) is 10.2. The number of methoxy groups -OCH3 is 1. The number of ether oxygens (including phenoxy) is 3. The number of para-hydroxylation sites is 2. The normalized spacial score (nSPS) is 13.3. The van der Waals surface area contributed by atoms with Gasteiger partial charge in [-0.05, 0) is 62.6 Å². The molecule has 0 radical (unpaired) electrons. The summed E-state index contributed by atoms with van der Waals surface area (Å²) < 4.78 is 41.2. The maximum atomic E-state index is 12.1. The fourth-order valence-corrected chi connectivity index (χ4v) is 5.10. The van der Waals surface area contributed by atoms with Crippen LogP contribution in [0.1, 0.15) is 37.9 Å². The molecule has 3 aromatic carbocycles. The molecular formula is C28H36N2O5S. The van der Waals surface area contributed by atoms with Crippen LogP contribution in [-0.4, -0.2) is 46.2 Å². The van der Waals surface area contributed by atoms with E-state index in [4.69, 9.17) is 19.3 Å². The molecule has 0 saturated heterocycles. The molecule has 3 aromatic rings. The van der Waals surface area contributed by atoms with Gasteiger partial charge in [0.05, 0.1) is 13.7 Å². The summed E-state index contributed by atoms with van der Waals surface area (Å²) in [6, 6.07) is 23.3. The second kappa shape index (κ2) is 12.8. The van der Waals surface area contributed by atoms with E-state index >= 15 is 0 Å². The van der Waals surface area contributed by atoms with Gasteiger partial charge in [0.2, 0.25) is 10.0 Å². The van der Waals surface area contributed by atoms with Crippen molar-refractivity contribution in [3.05, 3.63) is 83.9 Å². The Balaban J connectivity index is 1.81. The molecule has 0 aliphatic heterocycles. The lowest BCUT2D eigenvalue weighted by atomic mass is 10.0. The van der Waals surface area contributed by atoms with Crippen LogP contribution in [0.4, 0.5) is 0 Å². The first-order chi connectivity index (χ1) is 17.2. The van der Waals surface area contributed by atoms with Gasteiger partial charge in [0.1, 0.15) is 17.3 Å². The largest absolute Gasteiger partial charge is 0.495 e. The van der Waals surface area contributed by atoms with E-state index in [1.54, 1.807) is 12.1 Å². The van der Waals surface area contributed by atoms with Crippen molar-refractivity contribution in [3.8, 4) is 17.2 Å². The van der Waals surface area contributed by atoms with Gasteiger partial charge >= 0.3 is 0 Å². The summed E-state index contributed by atoms with van der Waals surface area (Å²) in [5.41, 5.74) is 2.05. The van der Waals surface area contributed by atoms with E-state index in [1.165, 1.54) is 12.7 Å². The van der Waals surface area contributed by atoms with Crippen LogP contribution in [0.2, 0.25) is 0 Å². The van der Waals surface area contributed by atoms with Crippen LogP contribution in [0.5, 0.6) is 17.2 Å². The Morgan fingerprint density at radius 3 is 2.14 bits per heavy atom. The molecule has 7 nitrogen and oxygen atoms in total. The predicted octanol–water partition coefficient (Wildman–Crippen LogP) is 4.81. The number of hydrogen-bond acceptors (Lipinski definition) is 6. The topological polar surface area (TPSA) is 91.1 Å². The molecule has 0 fully saturated rings. The highest BCUT2D eigenvalue weighted by atomic mass is 32.2. The molecule has 8 heteroatoms. The number of rotatable bonds is 13. The van der Waals surface area contributed by atoms with Crippen molar-refractivity contribution >= 4 is 10.0 Å². The lowest BCUT2D eigenvalue weighted by molar-refractivity contribution is 0.123. The molecule has 0 unspecified atom stereocenters. The van der Waals surface area contributed by atoms with E-state index in [9.17, 15) is 8.42 Å². The first-order valence-corrected chi connectivity index (χ1v) is 13.6. The van der Waals surface area contributed by atoms with Gasteiger partial charge in [-0.15, -0.1) is 0 Å². The van der Waals surface area contributed by atoms with Crippen molar-refractivity contribution in [2.24, 2.45) is 5.14 Å². The van der Waals surface area contributed by atoms with Crippen molar-refractivity contribution in [1.29, 1.82) is 0 Å². The highest BCUT2D eigenvalue weighted by Gasteiger charge is 2.23. The first kappa shape index (κ1) is 27.5. The third kappa shape index (κ3) is 7.22. The van der Waals surface area contributed by atoms with Crippen LogP contribution >= 0.6 is 0 Å². The third-order valence-electron chi connectivity index (χ3n) is 6.17. The molecule has 194 valence electrons. The Morgan fingerprint density at radius 1 is 0.889 bits per heavy atom. The maximum Gasteiger partial charge on any atom is 0.241 e. The zero-order valence-corrected chi connectivity index (χ0v) is 22.2. The van der Waals surface area contributed by atoms with E-state index in [0.717, 1.165) is 11.3 Å². The molecule has 0 spiro atoms. The Labute approximate surface area is 214 Å². The number of nitrogens with zero attached hydrogens (tertiary/aromatic N) is 1. The van der Waals surface area contributed by atoms with Gasteiger partial charge in [0.25, 0.3) is 0 Å². The average molecular weight is 513 g/mol. The van der Waals surface area contributed by atoms with Gasteiger partial charge in [-0.3, -0.25) is 4.90 Å². The Hall–Kier alpha value is -3.07. The SMILES string of the molecule is CCOc1ccccc1OCCN([C@H](C)Cc1ccc(OC)c(S(N)(=O)=O)c1)[C@H](C)c1ccccc1. The summed E-state index contributed by atoms with van der Waals surface area (Å²) in [5, 5.41) is 5.43. The van der Waals surface area contributed by atoms with E-state index in [-0.39, 0.29) is 22.7 Å². The molecule has 0 saturated carbocycles. The number of sulfonamides is 1. The van der Waals surface area contributed by atoms with Gasteiger partial charge in [0, 0.05) is 18.6 Å². The van der Waals surface area contributed by atoms with Crippen LogP contribution < -0.4 is 19.3 Å². The van der Waals surface area contributed by atoms with Gasteiger partial charge < -0.3 is 14.2 Å². The summed E-state index contributed by atoms with van der Waals surface area (Å²) in [6.45, 7) is 7.95. The molecule has 2 atom stereocenters. The molecule has 0 aromatic heterocycles. The molecule has 0 amide bonds. The van der Waals surface area contributed by atoms with Crippen LogP contribution in [0, 0.1) is 0 Å². The molecule has 0 aliphatic rings. The zero-order valence-electron chi connectivity index (χ0n) is 21.4. The van der Waals surface area contributed by atoms with E-state index in [2.05, 4.69) is 30.9 Å². The molecule has 3 rings (SSSR count). The number of primary sulfonamides is 1. The fourth-order valence-electron chi connectivity index (χ4n) is 4.35. The van der Waals surface area contributed by atoms with Crippen molar-refractivity contribution in [1.82, 2.24) is 4.90 Å². The van der Waals surface area contributed by atoms with Gasteiger partial charge in [-0.1, -0.05) is 48.5 Å². The van der Waals surface area contributed by atoms with Crippen molar-refractivity contribution in [3.63, 3.8) is 0 Å². The van der Waals surface area contributed by atoms with E-state index in [0.29, 0.717) is 31.9 Å². The summed E-state index contributed by atoms with van der Waals surface area (Å²) in [7, 11) is -2.48. The predicted molar refractivity (Wildman–Crippen MR) is 142 cm³/mol. The highest BCUT2D eigenvalue weighted by molar-refractivity contribution is 7.89. The van der Waals surface area contributed by atoms with Crippen LogP contribution in [0.3, 0.4) is 0 Å². The molecule has 0 bridgehead atoms. The first-order valence-electron chi connectivity index (χ1n) is 12.1.